The van der Waals surface area contributed by atoms with E-state index < -0.39 is 16.1 Å². The zero-order chi connectivity index (χ0) is 29.6. The average Bonchev–Trinajstić information content (AvgIpc) is 3.22. The number of sulfonamides is 1. The number of anilines is 1. The van der Waals surface area contributed by atoms with Gasteiger partial charge < -0.3 is 14.7 Å². The van der Waals surface area contributed by atoms with E-state index in [9.17, 15) is 18.0 Å². The number of rotatable bonds is 12. The van der Waals surface area contributed by atoms with Crippen LogP contribution in [-0.2, 0) is 26.2 Å². The van der Waals surface area contributed by atoms with E-state index in [0.29, 0.717) is 33.9 Å². The second-order valence-corrected chi connectivity index (χ2v) is 12.1. The normalized spacial score (nSPS) is 12.3. The van der Waals surface area contributed by atoms with Gasteiger partial charge in [0, 0.05) is 41.7 Å². The van der Waals surface area contributed by atoms with Crippen molar-refractivity contribution in [2.75, 3.05) is 11.8 Å². The number of nitrogens with zero attached hydrogens (tertiary/aromatic N) is 2. The lowest BCUT2D eigenvalue weighted by Crippen LogP contribution is -2.51. The molecule has 40 heavy (non-hydrogen) atoms. The summed E-state index contributed by atoms with van der Waals surface area (Å²) in [6, 6.07) is 11.1. The second kappa shape index (κ2) is 13.3. The number of amides is 2. The van der Waals surface area contributed by atoms with Crippen LogP contribution < -0.4 is 10.0 Å². The van der Waals surface area contributed by atoms with Crippen LogP contribution in [0.1, 0.15) is 56.9 Å². The lowest BCUT2D eigenvalue weighted by molar-refractivity contribution is -0.142. The van der Waals surface area contributed by atoms with Crippen LogP contribution in [0.25, 0.3) is 11.1 Å². The minimum Gasteiger partial charge on any atom is -0.359 e. The minimum absolute atomic E-state index is 0.0283. The maximum absolute atomic E-state index is 13.4. The Morgan fingerprint density at radius 1 is 1.10 bits per heavy atom. The zero-order valence-corrected chi connectivity index (χ0v) is 25.3. The van der Waals surface area contributed by atoms with Crippen LogP contribution in [0.4, 0.5) is 5.82 Å². The van der Waals surface area contributed by atoms with Gasteiger partial charge in [-0.2, -0.15) is 0 Å². The van der Waals surface area contributed by atoms with Crippen molar-refractivity contribution in [3.05, 3.63) is 64.4 Å². The SMILES string of the molecule is CCCCC(=O)N(Cc1ccc(-c2ccccc2S(=O)(=O)Nc2noc(C)c2C)c(Cl)c1)[C@H](C(=O)NC)C(C)C. The monoisotopic (exact) mass is 588 g/mol. The van der Waals surface area contributed by atoms with E-state index in [-0.39, 0.29) is 35.0 Å². The van der Waals surface area contributed by atoms with Crippen molar-refractivity contribution in [1.82, 2.24) is 15.4 Å². The molecule has 0 saturated heterocycles. The van der Waals surface area contributed by atoms with Crippen molar-refractivity contribution in [3.8, 4) is 11.1 Å². The largest absolute Gasteiger partial charge is 0.359 e. The molecule has 0 saturated carbocycles. The van der Waals surface area contributed by atoms with Gasteiger partial charge in [0.05, 0.1) is 4.90 Å². The first-order chi connectivity index (χ1) is 18.9. The molecule has 2 amide bonds. The quantitative estimate of drug-likeness (QED) is 0.280. The summed E-state index contributed by atoms with van der Waals surface area (Å²) in [5, 5.41) is 6.80. The summed E-state index contributed by atoms with van der Waals surface area (Å²) < 4.78 is 34.3. The molecule has 1 aromatic heterocycles. The maximum atomic E-state index is 13.4. The summed E-state index contributed by atoms with van der Waals surface area (Å²) in [7, 11) is -2.47. The Kier molecular flexibility index (Phi) is 10.4. The molecule has 216 valence electrons. The molecule has 0 bridgehead atoms. The Bertz CT molecular complexity index is 1470. The molecular formula is C29H37ClN4O5S. The topological polar surface area (TPSA) is 122 Å². The van der Waals surface area contributed by atoms with Crippen molar-refractivity contribution in [3.63, 3.8) is 0 Å². The number of likely N-dealkylation sites (N-methyl/N-ethyl adjacent to an activating group) is 1. The molecule has 0 fully saturated rings. The molecule has 1 heterocycles. The number of hydrogen-bond donors (Lipinski definition) is 2. The molecule has 3 aromatic rings. The van der Waals surface area contributed by atoms with Crippen LogP contribution in [0.15, 0.2) is 51.9 Å². The lowest BCUT2D eigenvalue weighted by Gasteiger charge is -2.33. The van der Waals surface area contributed by atoms with E-state index in [0.717, 1.165) is 18.4 Å². The van der Waals surface area contributed by atoms with Crippen LogP contribution in [0.5, 0.6) is 0 Å². The Hall–Kier alpha value is -3.37. The molecule has 0 spiro atoms. The number of aromatic nitrogens is 1. The highest BCUT2D eigenvalue weighted by Gasteiger charge is 2.32. The van der Waals surface area contributed by atoms with Crippen LogP contribution in [-0.4, -0.2) is 43.4 Å². The number of benzene rings is 2. The first kappa shape index (κ1) is 31.2. The van der Waals surface area contributed by atoms with Crippen LogP contribution in [0.3, 0.4) is 0 Å². The number of aryl methyl sites for hydroxylation is 1. The molecule has 2 aromatic carbocycles. The Labute approximate surface area is 241 Å². The highest BCUT2D eigenvalue weighted by molar-refractivity contribution is 7.92. The standard InChI is InChI=1S/C29H37ClN4O5S/c1-7-8-13-26(35)34(27(18(2)3)29(36)31-6)17-21-14-15-22(24(30)16-21)23-11-9-10-12-25(23)40(37,38)33-28-19(4)20(5)39-32-28/h9-12,14-16,18,27H,7-8,13,17H2,1-6H3,(H,31,36)(H,32,33)/t27-/m0/s1. The zero-order valence-electron chi connectivity index (χ0n) is 23.7. The third-order valence-electron chi connectivity index (χ3n) is 6.79. The van der Waals surface area contributed by atoms with E-state index >= 15 is 0 Å². The van der Waals surface area contributed by atoms with Crippen LogP contribution in [0, 0.1) is 19.8 Å². The summed E-state index contributed by atoms with van der Waals surface area (Å²) in [6.45, 7) is 9.43. The predicted molar refractivity (Wildman–Crippen MR) is 156 cm³/mol. The van der Waals surface area contributed by atoms with E-state index in [1.54, 1.807) is 62.2 Å². The number of carbonyl (C=O) groups is 2. The smallest absolute Gasteiger partial charge is 0.263 e. The van der Waals surface area contributed by atoms with E-state index in [1.165, 1.54) is 6.07 Å². The van der Waals surface area contributed by atoms with Gasteiger partial charge in [-0.3, -0.25) is 14.3 Å². The van der Waals surface area contributed by atoms with Gasteiger partial charge in [0.1, 0.15) is 11.8 Å². The number of carbonyl (C=O) groups excluding carboxylic acids is 2. The van der Waals surface area contributed by atoms with Crippen molar-refractivity contribution in [2.24, 2.45) is 5.92 Å². The Balaban J connectivity index is 1.98. The van der Waals surface area contributed by atoms with Crippen molar-refractivity contribution in [1.29, 1.82) is 0 Å². The summed E-state index contributed by atoms with van der Waals surface area (Å²) in [5.41, 5.74) is 2.24. The lowest BCUT2D eigenvalue weighted by atomic mass is 9.99. The maximum Gasteiger partial charge on any atom is 0.263 e. The highest BCUT2D eigenvalue weighted by Crippen LogP contribution is 2.35. The number of unbranched alkanes of at least 4 members (excludes halogenated alkanes) is 1. The van der Waals surface area contributed by atoms with Crippen molar-refractivity contribution < 1.29 is 22.5 Å². The molecule has 9 nitrogen and oxygen atoms in total. The average molecular weight is 589 g/mol. The van der Waals surface area contributed by atoms with E-state index in [2.05, 4.69) is 15.2 Å². The van der Waals surface area contributed by atoms with Crippen LogP contribution >= 0.6 is 11.6 Å². The fourth-order valence-corrected chi connectivity index (χ4v) is 6.04. The molecule has 0 unspecified atom stereocenters. The molecule has 0 radical (unpaired) electrons. The molecule has 0 aliphatic rings. The van der Waals surface area contributed by atoms with Gasteiger partial charge in [-0.25, -0.2) is 8.42 Å². The van der Waals surface area contributed by atoms with Crippen molar-refractivity contribution in [2.45, 2.75) is 71.4 Å². The van der Waals surface area contributed by atoms with Gasteiger partial charge in [0.15, 0.2) is 5.82 Å². The molecule has 11 heteroatoms. The first-order valence-corrected chi connectivity index (χ1v) is 15.1. The molecular weight excluding hydrogens is 552 g/mol. The fourth-order valence-electron chi connectivity index (χ4n) is 4.46. The fraction of sp³-hybridized carbons (Fsp3) is 0.414. The molecule has 0 aliphatic carbocycles. The third-order valence-corrected chi connectivity index (χ3v) is 8.50. The number of nitrogens with one attached hydrogen (secondary N) is 2. The van der Waals surface area contributed by atoms with Gasteiger partial charge >= 0.3 is 0 Å². The number of halogens is 1. The van der Waals surface area contributed by atoms with E-state index in [1.807, 2.05) is 20.8 Å². The Morgan fingerprint density at radius 2 is 1.80 bits per heavy atom. The summed E-state index contributed by atoms with van der Waals surface area (Å²) >= 11 is 6.73. The third kappa shape index (κ3) is 7.03. The van der Waals surface area contributed by atoms with Gasteiger partial charge in [-0.15, -0.1) is 0 Å². The Morgan fingerprint density at radius 3 is 2.38 bits per heavy atom. The van der Waals surface area contributed by atoms with Gasteiger partial charge in [0.2, 0.25) is 11.8 Å². The molecule has 2 N–H and O–H groups in total. The van der Waals surface area contributed by atoms with E-state index in [4.69, 9.17) is 16.1 Å². The minimum atomic E-state index is -4.03. The van der Waals surface area contributed by atoms with Gasteiger partial charge in [-0.1, -0.05) is 74.3 Å². The highest BCUT2D eigenvalue weighted by atomic mass is 35.5. The summed E-state index contributed by atoms with van der Waals surface area (Å²) in [4.78, 5) is 27.6. The molecule has 0 aliphatic heterocycles. The first-order valence-electron chi connectivity index (χ1n) is 13.3. The van der Waals surface area contributed by atoms with Crippen molar-refractivity contribution >= 4 is 39.3 Å². The summed E-state index contributed by atoms with van der Waals surface area (Å²) in [6.07, 6.45) is 1.92. The van der Waals surface area contributed by atoms with Gasteiger partial charge in [-0.05, 0) is 43.9 Å². The molecule has 1 atom stereocenters. The second-order valence-electron chi connectivity index (χ2n) is 10.1. The number of hydrogen-bond acceptors (Lipinski definition) is 6. The molecule has 3 rings (SSSR count). The predicted octanol–water partition coefficient (Wildman–Crippen LogP) is 5.70. The summed E-state index contributed by atoms with van der Waals surface area (Å²) in [5.74, 6) is 0.194. The van der Waals surface area contributed by atoms with Crippen LogP contribution in [0.2, 0.25) is 5.02 Å². The van der Waals surface area contributed by atoms with Gasteiger partial charge in [0.25, 0.3) is 10.0 Å².